The van der Waals surface area contributed by atoms with Crippen LogP contribution in [-0.2, 0) is 0 Å². The number of aryl methyl sites for hydroxylation is 2. The molecule has 0 radical (unpaired) electrons. The number of non-ortho nitro benzene ring substituents is 1. The fourth-order valence-corrected chi connectivity index (χ4v) is 4.09. The first-order valence-corrected chi connectivity index (χ1v) is 10.8. The van der Waals surface area contributed by atoms with Crippen LogP contribution in [0.25, 0.3) is 11.3 Å². The summed E-state index contributed by atoms with van der Waals surface area (Å²) in [6.07, 6.45) is 3.48. The average molecular weight is 444 g/mol. The molecule has 0 saturated carbocycles. The van der Waals surface area contributed by atoms with E-state index in [0.29, 0.717) is 4.80 Å². The monoisotopic (exact) mass is 443 g/mol. The summed E-state index contributed by atoms with van der Waals surface area (Å²) in [5.41, 5.74) is 6.47. The molecule has 2 aromatic heterocycles. The summed E-state index contributed by atoms with van der Waals surface area (Å²) in [4.78, 5) is 20.4. The highest BCUT2D eigenvalue weighted by Gasteiger charge is 2.12. The van der Waals surface area contributed by atoms with Crippen LogP contribution in [0.4, 0.5) is 11.4 Å². The van der Waals surface area contributed by atoms with Crippen molar-refractivity contribution < 1.29 is 4.92 Å². The maximum Gasteiger partial charge on any atom is 0.269 e. The molecule has 4 aromatic rings. The van der Waals surface area contributed by atoms with Crippen molar-refractivity contribution in [3.63, 3.8) is 0 Å². The summed E-state index contributed by atoms with van der Waals surface area (Å²) in [7, 11) is 0. The van der Waals surface area contributed by atoms with Gasteiger partial charge in [-0.3, -0.25) is 15.1 Å². The van der Waals surface area contributed by atoms with Gasteiger partial charge in [-0.05, 0) is 50.6 Å². The second-order valence-corrected chi connectivity index (χ2v) is 8.18. The maximum absolute atomic E-state index is 11.0. The van der Waals surface area contributed by atoms with Crippen molar-refractivity contribution in [1.82, 2.24) is 9.66 Å². The van der Waals surface area contributed by atoms with Crippen LogP contribution in [0.15, 0.2) is 82.5 Å². The normalized spacial score (nSPS) is 12.2. The third-order valence-corrected chi connectivity index (χ3v) is 5.77. The van der Waals surface area contributed by atoms with Gasteiger partial charge in [-0.25, -0.2) is 9.67 Å². The van der Waals surface area contributed by atoms with Crippen LogP contribution in [0.3, 0.4) is 0 Å². The van der Waals surface area contributed by atoms with Crippen molar-refractivity contribution in [1.29, 1.82) is 0 Å². The van der Waals surface area contributed by atoms with E-state index in [1.54, 1.807) is 29.2 Å². The highest BCUT2D eigenvalue weighted by atomic mass is 32.1. The molecule has 4 rings (SSSR count). The maximum atomic E-state index is 11.0. The van der Waals surface area contributed by atoms with E-state index >= 15 is 0 Å². The molecule has 2 heterocycles. The van der Waals surface area contributed by atoms with E-state index in [1.165, 1.54) is 29.0 Å². The van der Waals surface area contributed by atoms with E-state index in [0.717, 1.165) is 33.8 Å². The van der Waals surface area contributed by atoms with Crippen molar-refractivity contribution >= 4 is 28.4 Å². The third-order valence-electron chi connectivity index (χ3n) is 4.96. The Balaban J connectivity index is 1.89. The van der Waals surface area contributed by atoms with E-state index in [1.807, 2.05) is 43.5 Å². The number of hydrogen-bond donors (Lipinski definition) is 0. The lowest BCUT2D eigenvalue weighted by molar-refractivity contribution is -0.384. The van der Waals surface area contributed by atoms with Crippen molar-refractivity contribution in [3.05, 3.63) is 104 Å². The van der Waals surface area contributed by atoms with Crippen LogP contribution in [-0.4, -0.2) is 20.3 Å². The molecule has 0 spiro atoms. The first kappa shape index (κ1) is 21.3. The molecular formula is C24H21N5O2S. The van der Waals surface area contributed by atoms with Gasteiger partial charge >= 0.3 is 0 Å². The fourth-order valence-electron chi connectivity index (χ4n) is 3.24. The van der Waals surface area contributed by atoms with E-state index in [2.05, 4.69) is 18.0 Å². The molecule has 0 amide bonds. The molecule has 2 aromatic carbocycles. The number of pyridine rings is 1. The molecule has 7 nitrogen and oxygen atoms in total. The van der Waals surface area contributed by atoms with E-state index in [4.69, 9.17) is 10.1 Å². The standard InChI is InChI=1S/C24H21N5O2S/c1-16-6-11-22(17(2)13-16)26-24-28(27-18(3)20-5-4-12-25-14-20)23(15-32-24)19-7-9-21(10-8-19)29(30)31/h4-15H,1-3H3. The molecule has 0 fully saturated rings. The van der Waals surface area contributed by atoms with Crippen LogP contribution in [0.1, 0.15) is 23.6 Å². The van der Waals surface area contributed by atoms with Crippen molar-refractivity contribution in [3.8, 4) is 11.3 Å². The van der Waals surface area contributed by atoms with Crippen LogP contribution in [0.2, 0.25) is 0 Å². The van der Waals surface area contributed by atoms with Gasteiger partial charge in [0.15, 0.2) is 0 Å². The summed E-state index contributed by atoms with van der Waals surface area (Å²) in [6.45, 7) is 6.00. The lowest BCUT2D eigenvalue weighted by Crippen LogP contribution is -2.14. The topological polar surface area (TPSA) is 85.7 Å². The van der Waals surface area contributed by atoms with Gasteiger partial charge in [0, 0.05) is 41.0 Å². The first-order valence-electron chi connectivity index (χ1n) is 9.96. The van der Waals surface area contributed by atoms with Crippen molar-refractivity contribution in [2.45, 2.75) is 20.8 Å². The Morgan fingerprint density at radius 1 is 1.12 bits per heavy atom. The molecule has 0 aliphatic carbocycles. The van der Waals surface area contributed by atoms with Gasteiger partial charge in [0.25, 0.3) is 5.69 Å². The first-order chi connectivity index (χ1) is 15.4. The number of nitrogens with zero attached hydrogens (tertiary/aromatic N) is 5. The van der Waals surface area contributed by atoms with Crippen LogP contribution in [0, 0.1) is 24.0 Å². The summed E-state index contributed by atoms with van der Waals surface area (Å²) in [6, 6.07) is 16.4. The molecule has 32 heavy (non-hydrogen) atoms. The molecule has 0 aliphatic rings. The predicted octanol–water partition coefficient (Wildman–Crippen LogP) is 5.64. The predicted molar refractivity (Wildman–Crippen MR) is 127 cm³/mol. The van der Waals surface area contributed by atoms with Crippen molar-refractivity contribution in [2.75, 3.05) is 0 Å². The van der Waals surface area contributed by atoms with Gasteiger partial charge in [0.1, 0.15) is 0 Å². The largest absolute Gasteiger partial charge is 0.269 e. The zero-order chi connectivity index (χ0) is 22.7. The fraction of sp³-hybridized carbons (Fsp3) is 0.125. The van der Waals surface area contributed by atoms with Gasteiger partial charge in [-0.15, -0.1) is 11.3 Å². The zero-order valence-corrected chi connectivity index (χ0v) is 18.7. The number of nitro benzene ring substituents is 1. The van der Waals surface area contributed by atoms with Gasteiger partial charge in [-0.2, -0.15) is 5.10 Å². The average Bonchev–Trinajstić information content (AvgIpc) is 3.18. The minimum absolute atomic E-state index is 0.0470. The van der Waals surface area contributed by atoms with E-state index in [-0.39, 0.29) is 5.69 Å². The van der Waals surface area contributed by atoms with Crippen LogP contribution in [0.5, 0.6) is 0 Å². The van der Waals surface area contributed by atoms with E-state index in [9.17, 15) is 10.1 Å². The summed E-state index contributed by atoms with van der Waals surface area (Å²) >= 11 is 1.47. The van der Waals surface area contributed by atoms with Gasteiger partial charge in [-0.1, -0.05) is 23.8 Å². The van der Waals surface area contributed by atoms with Crippen molar-refractivity contribution in [2.24, 2.45) is 10.1 Å². The van der Waals surface area contributed by atoms with Gasteiger partial charge in [0.2, 0.25) is 4.80 Å². The lowest BCUT2D eigenvalue weighted by Gasteiger charge is -2.07. The number of hydrogen-bond acceptors (Lipinski definition) is 6. The number of rotatable bonds is 5. The Morgan fingerprint density at radius 2 is 1.91 bits per heavy atom. The molecule has 0 N–H and O–H groups in total. The number of nitro groups is 1. The summed E-state index contributed by atoms with van der Waals surface area (Å²) in [5, 5.41) is 17.8. The molecule has 0 bridgehead atoms. The summed E-state index contributed by atoms with van der Waals surface area (Å²) in [5.74, 6) is 0. The molecule has 0 aliphatic heterocycles. The zero-order valence-electron chi connectivity index (χ0n) is 17.9. The molecule has 160 valence electrons. The van der Waals surface area contributed by atoms with Gasteiger partial charge < -0.3 is 0 Å². The smallest absolute Gasteiger partial charge is 0.264 e. The Morgan fingerprint density at radius 3 is 2.56 bits per heavy atom. The molecule has 0 saturated heterocycles. The molecular weight excluding hydrogens is 422 g/mol. The summed E-state index contributed by atoms with van der Waals surface area (Å²) < 4.78 is 1.79. The third kappa shape index (κ3) is 4.55. The Hall–Kier alpha value is -3.91. The number of benzene rings is 2. The minimum atomic E-state index is -0.406. The minimum Gasteiger partial charge on any atom is -0.264 e. The second-order valence-electron chi connectivity index (χ2n) is 7.35. The van der Waals surface area contributed by atoms with Crippen LogP contribution >= 0.6 is 11.3 Å². The highest BCUT2D eigenvalue weighted by molar-refractivity contribution is 7.07. The molecule has 0 unspecified atom stereocenters. The molecule has 8 heteroatoms. The Bertz CT molecular complexity index is 1370. The number of aromatic nitrogens is 2. The van der Waals surface area contributed by atoms with Gasteiger partial charge in [0.05, 0.1) is 22.0 Å². The number of thiazole rings is 1. The highest BCUT2D eigenvalue weighted by Crippen LogP contribution is 2.25. The Kier molecular flexibility index (Phi) is 6.04. The van der Waals surface area contributed by atoms with Crippen LogP contribution < -0.4 is 4.80 Å². The lowest BCUT2D eigenvalue weighted by atomic mass is 10.1. The Labute approximate surface area is 189 Å². The second kappa shape index (κ2) is 9.07. The SMILES string of the molecule is CC(=Nn1c(-c2ccc([N+](=O)[O-])cc2)csc1=Nc1ccc(C)cc1C)c1cccnc1. The van der Waals surface area contributed by atoms with E-state index < -0.39 is 4.92 Å². The molecule has 0 atom stereocenters. The quantitative estimate of drug-likeness (QED) is 0.227.